The van der Waals surface area contributed by atoms with E-state index in [1.54, 1.807) is 24.0 Å². The molecule has 0 saturated carbocycles. The molecule has 1 fully saturated rings. The van der Waals surface area contributed by atoms with Crippen LogP contribution in [0.25, 0.3) is 22.0 Å². The van der Waals surface area contributed by atoms with Crippen molar-refractivity contribution in [1.82, 2.24) is 19.3 Å². The highest BCUT2D eigenvalue weighted by Gasteiger charge is 2.38. The SMILES string of the molecule is CCOC(=O)C(c1ncn2c1C[C@@H](F)C2)n1cc2c(Cl)cc(-c3ccc(N4CCOC(CO[Si](C)(C)C(C)(C)C)C4)cc3)c(Cl)c2n1. The maximum atomic E-state index is 14.2. The van der Waals surface area contributed by atoms with E-state index in [-0.39, 0.29) is 30.7 Å². The average Bonchev–Trinajstić information content (AvgIpc) is 3.74. The fraction of sp³-hybridized carbons (Fsp3) is 0.500. The molecule has 0 N–H and O–H groups in total. The molecule has 3 atom stereocenters. The van der Waals surface area contributed by atoms with Gasteiger partial charge in [0.2, 0.25) is 0 Å². The summed E-state index contributed by atoms with van der Waals surface area (Å²) >= 11 is 13.8. The summed E-state index contributed by atoms with van der Waals surface area (Å²) < 4.78 is 35.4. The number of fused-ring (bicyclic) bond motifs is 2. The van der Waals surface area contributed by atoms with Gasteiger partial charge in [0.15, 0.2) is 14.4 Å². The molecule has 47 heavy (non-hydrogen) atoms. The summed E-state index contributed by atoms with van der Waals surface area (Å²) in [6.07, 6.45) is 2.37. The number of aromatic nitrogens is 4. The zero-order valence-corrected chi connectivity index (χ0v) is 30.2. The normalized spacial score (nSPS) is 19.3. The minimum atomic E-state index is -1.87. The molecule has 4 aromatic rings. The number of benzene rings is 2. The van der Waals surface area contributed by atoms with Gasteiger partial charge in [-0.3, -0.25) is 4.68 Å². The third kappa shape index (κ3) is 6.70. The molecule has 2 aromatic heterocycles. The molecule has 1 saturated heterocycles. The third-order valence-electron chi connectivity index (χ3n) is 9.64. The predicted octanol–water partition coefficient (Wildman–Crippen LogP) is 7.48. The van der Waals surface area contributed by atoms with E-state index in [1.807, 2.05) is 18.2 Å². The summed E-state index contributed by atoms with van der Waals surface area (Å²) in [7, 11) is -1.87. The largest absolute Gasteiger partial charge is 0.464 e. The molecule has 4 heterocycles. The van der Waals surface area contributed by atoms with Crippen molar-refractivity contribution in [3.63, 3.8) is 0 Å². The van der Waals surface area contributed by atoms with Gasteiger partial charge in [-0.15, -0.1) is 0 Å². The van der Waals surface area contributed by atoms with Gasteiger partial charge in [-0.1, -0.05) is 56.1 Å². The van der Waals surface area contributed by atoms with Crippen molar-refractivity contribution >= 4 is 54.1 Å². The first-order chi connectivity index (χ1) is 22.3. The number of esters is 1. The topological polar surface area (TPSA) is 83.6 Å². The van der Waals surface area contributed by atoms with Gasteiger partial charge in [0, 0.05) is 48.0 Å². The summed E-state index contributed by atoms with van der Waals surface area (Å²) in [5.41, 5.74) is 4.21. The van der Waals surface area contributed by atoms with Crippen molar-refractivity contribution in [2.24, 2.45) is 0 Å². The monoisotopic (exact) mass is 701 g/mol. The lowest BCUT2D eigenvalue weighted by atomic mass is 10.0. The van der Waals surface area contributed by atoms with Gasteiger partial charge in [0.25, 0.3) is 0 Å². The summed E-state index contributed by atoms with van der Waals surface area (Å²) in [6, 6.07) is 9.01. The molecule has 2 unspecified atom stereocenters. The first-order valence-electron chi connectivity index (χ1n) is 16.1. The Labute approximate surface area is 286 Å². The van der Waals surface area contributed by atoms with Gasteiger partial charge in [-0.2, -0.15) is 5.10 Å². The number of ether oxygens (including phenoxy) is 2. The van der Waals surface area contributed by atoms with Crippen LogP contribution in [0.1, 0.15) is 45.1 Å². The molecule has 2 aromatic carbocycles. The first kappa shape index (κ1) is 33.9. The number of imidazole rings is 1. The highest BCUT2D eigenvalue weighted by molar-refractivity contribution is 6.74. The van der Waals surface area contributed by atoms with Crippen molar-refractivity contribution in [2.45, 2.75) is 77.1 Å². The summed E-state index contributed by atoms with van der Waals surface area (Å²) in [6.45, 7) is 16.1. The van der Waals surface area contributed by atoms with Gasteiger partial charge in [-0.05, 0) is 48.8 Å². The molecule has 0 bridgehead atoms. The fourth-order valence-corrected chi connectivity index (χ4v) is 7.56. The maximum Gasteiger partial charge on any atom is 0.337 e. The Bertz CT molecular complexity index is 1770. The van der Waals surface area contributed by atoms with Crippen LogP contribution in [-0.2, 0) is 31.7 Å². The minimum absolute atomic E-state index is 0.00313. The smallest absolute Gasteiger partial charge is 0.337 e. The molecule has 252 valence electrons. The highest BCUT2D eigenvalue weighted by Crippen LogP contribution is 2.40. The molecule has 9 nitrogen and oxygen atoms in total. The number of hydrogen-bond donors (Lipinski definition) is 0. The van der Waals surface area contributed by atoms with Crippen molar-refractivity contribution in [3.05, 3.63) is 64.3 Å². The maximum absolute atomic E-state index is 14.2. The second-order valence-corrected chi connectivity index (χ2v) is 19.4. The molecule has 0 spiro atoms. The fourth-order valence-electron chi connectivity index (χ4n) is 5.98. The van der Waals surface area contributed by atoms with Crippen molar-refractivity contribution in [1.29, 1.82) is 0 Å². The van der Waals surface area contributed by atoms with Gasteiger partial charge < -0.3 is 23.4 Å². The van der Waals surface area contributed by atoms with E-state index in [4.69, 9.17) is 42.2 Å². The summed E-state index contributed by atoms with van der Waals surface area (Å²) in [5, 5.41) is 6.32. The Kier molecular flexibility index (Phi) is 9.49. The molecular weight excluding hydrogens is 660 g/mol. The van der Waals surface area contributed by atoms with E-state index in [9.17, 15) is 9.18 Å². The molecule has 0 aliphatic carbocycles. The number of carbonyl (C=O) groups excluding carboxylic acids is 1. The average molecular weight is 703 g/mol. The van der Waals surface area contributed by atoms with Crippen LogP contribution < -0.4 is 4.90 Å². The molecular formula is C34H42Cl2FN5O4Si. The summed E-state index contributed by atoms with van der Waals surface area (Å²) in [4.78, 5) is 20.0. The number of morpholine rings is 1. The van der Waals surface area contributed by atoms with Gasteiger partial charge in [0.05, 0.1) is 54.5 Å². The van der Waals surface area contributed by atoms with Crippen molar-refractivity contribution in [2.75, 3.05) is 37.8 Å². The number of nitrogens with zero attached hydrogens (tertiary/aromatic N) is 5. The van der Waals surface area contributed by atoms with E-state index < -0.39 is 26.5 Å². The van der Waals surface area contributed by atoms with Gasteiger partial charge in [-0.25, -0.2) is 14.2 Å². The van der Waals surface area contributed by atoms with Crippen LogP contribution >= 0.6 is 23.2 Å². The first-order valence-corrected chi connectivity index (χ1v) is 19.8. The van der Waals surface area contributed by atoms with Crippen LogP contribution in [0, 0.1) is 0 Å². The Morgan fingerprint density at radius 3 is 2.64 bits per heavy atom. The molecule has 0 radical (unpaired) electrons. The van der Waals surface area contributed by atoms with Crippen LogP contribution in [0.5, 0.6) is 0 Å². The number of rotatable bonds is 9. The number of carbonyl (C=O) groups is 1. The quantitative estimate of drug-likeness (QED) is 0.132. The Balaban J connectivity index is 1.25. The zero-order valence-electron chi connectivity index (χ0n) is 27.7. The standard InChI is InChI=1S/C34H42Cl2FN5O4Si/c1-7-44-33(43)32(31-28-14-22(37)16-41(28)20-38-31)42-18-26-27(35)15-25(29(36)30(26)39-42)21-8-10-23(11-9-21)40-12-13-45-24(17-40)19-46-47(5,6)34(2,3)4/h8-11,15,18,20,22,24,32H,7,12-14,16-17,19H2,1-6H3/t22-,24?,32?/m1/s1. The van der Waals surface area contributed by atoms with Crippen LogP contribution in [0.15, 0.2) is 42.9 Å². The van der Waals surface area contributed by atoms with E-state index in [2.05, 4.69) is 55.9 Å². The zero-order chi connectivity index (χ0) is 33.7. The van der Waals surface area contributed by atoms with E-state index in [0.29, 0.717) is 45.5 Å². The van der Waals surface area contributed by atoms with E-state index >= 15 is 0 Å². The molecule has 13 heteroatoms. The lowest BCUT2D eigenvalue weighted by Gasteiger charge is -2.39. The van der Waals surface area contributed by atoms with E-state index in [1.165, 1.54) is 4.68 Å². The third-order valence-corrected chi connectivity index (χ3v) is 14.8. The molecule has 6 rings (SSSR count). The number of alkyl halides is 1. The van der Waals surface area contributed by atoms with Crippen molar-refractivity contribution in [3.8, 4) is 11.1 Å². The Morgan fingerprint density at radius 1 is 1.19 bits per heavy atom. The number of hydrogen-bond acceptors (Lipinski definition) is 7. The second-order valence-electron chi connectivity index (χ2n) is 13.8. The lowest BCUT2D eigenvalue weighted by molar-refractivity contribution is -0.146. The lowest BCUT2D eigenvalue weighted by Crippen LogP contribution is -2.48. The number of anilines is 1. The Morgan fingerprint density at radius 2 is 1.94 bits per heavy atom. The Hall–Kier alpha value is -2.96. The van der Waals surface area contributed by atoms with Crippen LogP contribution in [0.3, 0.4) is 0 Å². The second kappa shape index (κ2) is 13.2. The molecule has 0 amide bonds. The van der Waals surface area contributed by atoms with Crippen LogP contribution in [-0.4, -0.2) is 78.8 Å². The van der Waals surface area contributed by atoms with Crippen LogP contribution in [0.4, 0.5) is 10.1 Å². The van der Waals surface area contributed by atoms with Crippen molar-refractivity contribution < 1.29 is 23.1 Å². The highest BCUT2D eigenvalue weighted by atomic mass is 35.5. The van der Waals surface area contributed by atoms with Crippen LogP contribution in [0.2, 0.25) is 28.2 Å². The van der Waals surface area contributed by atoms with E-state index in [0.717, 1.165) is 29.9 Å². The predicted molar refractivity (Wildman–Crippen MR) is 186 cm³/mol. The van der Waals surface area contributed by atoms with Gasteiger partial charge >= 0.3 is 5.97 Å². The minimum Gasteiger partial charge on any atom is -0.464 e. The van der Waals surface area contributed by atoms with Gasteiger partial charge in [0.1, 0.15) is 11.7 Å². The number of halogens is 3. The molecule has 2 aliphatic rings. The molecule has 2 aliphatic heterocycles. The summed E-state index contributed by atoms with van der Waals surface area (Å²) in [5.74, 6) is -0.538.